The summed E-state index contributed by atoms with van der Waals surface area (Å²) in [6.07, 6.45) is 3.43. The Labute approximate surface area is 182 Å². The van der Waals surface area contributed by atoms with Crippen LogP contribution >= 0.6 is 0 Å². The first-order valence-electron chi connectivity index (χ1n) is 10.3. The fourth-order valence-corrected chi connectivity index (χ4v) is 3.74. The Bertz CT molecular complexity index is 1230. The number of anilines is 1. The lowest BCUT2D eigenvalue weighted by Gasteiger charge is -2.13. The van der Waals surface area contributed by atoms with Gasteiger partial charge in [-0.15, -0.1) is 0 Å². The first-order valence-corrected chi connectivity index (χ1v) is 10.3. The molecule has 0 aliphatic carbocycles. The molecule has 2 heterocycles. The number of rotatable bonds is 5. The van der Waals surface area contributed by atoms with Crippen LogP contribution in [-0.4, -0.2) is 16.0 Å². The van der Waals surface area contributed by atoms with E-state index in [4.69, 9.17) is 4.52 Å². The maximum absolute atomic E-state index is 13.1. The minimum atomic E-state index is -0.333. The molecule has 1 atom stereocenters. The zero-order valence-electron chi connectivity index (χ0n) is 18.1. The summed E-state index contributed by atoms with van der Waals surface area (Å²) in [4.78, 5) is 17.2. The molecular weight excluding hydrogens is 386 g/mol. The third kappa shape index (κ3) is 4.26. The average molecular weight is 412 g/mol. The maximum Gasteiger partial charge on any atom is 0.239 e. The van der Waals surface area contributed by atoms with Gasteiger partial charge in [-0.3, -0.25) is 15.1 Å². The molecule has 2 aromatic carbocycles. The highest BCUT2D eigenvalue weighted by Gasteiger charge is 2.24. The molecule has 0 fully saturated rings. The second kappa shape index (κ2) is 8.56. The third-order valence-electron chi connectivity index (χ3n) is 5.47. The van der Waals surface area contributed by atoms with E-state index in [9.17, 15) is 4.79 Å². The van der Waals surface area contributed by atoms with Gasteiger partial charge in [0.2, 0.25) is 11.8 Å². The molecule has 0 aliphatic heterocycles. The molecule has 1 amide bonds. The third-order valence-corrected chi connectivity index (χ3v) is 5.47. The van der Waals surface area contributed by atoms with Crippen molar-refractivity contribution in [1.82, 2.24) is 10.1 Å². The highest BCUT2D eigenvalue weighted by molar-refractivity contribution is 6.00. The van der Waals surface area contributed by atoms with E-state index in [2.05, 4.69) is 28.4 Å². The van der Waals surface area contributed by atoms with Gasteiger partial charge in [0.25, 0.3) is 0 Å². The van der Waals surface area contributed by atoms with Gasteiger partial charge >= 0.3 is 0 Å². The van der Waals surface area contributed by atoms with E-state index in [0.29, 0.717) is 11.6 Å². The number of benzene rings is 2. The van der Waals surface area contributed by atoms with Crippen molar-refractivity contribution < 1.29 is 9.32 Å². The summed E-state index contributed by atoms with van der Waals surface area (Å²) in [7, 11) is 0. The first kappa shape index (κ1) is 20.5. The standard InChI is InChI=1S/C26H25N3O2/c1-16-6-5-7-21(15-16)19(4)25(30)28-26-23(20-10-12-27-13-11-20)24(29-31-26)22-9-8-17(2)14-18(22)3/h5-15,19H,1-4H3,(H,28,30). The molecule has 0 saturated carbocycles. The van der Waals surface area contributed by atoms with Gasteiger partial charge in [-0.1, -0.05) is 58.7 Å². The van der Waals surface area contributed by atoms with Crippen LogP contribution in [0.15, 0.2) is 71.5 Å². The van der Waals surface area contributed by atoms with Gasteiger partial charge < -0.3 is 4.52 Å². The lowest BCUT2D eigenvalue weighted by molar-refractivity contribution is -0.117. The fourth-order valence-electron chi connectivity index (χ4n) is 3.74. The molecule has 5 nitrogen and oxygen atoms in total. The van der Waals surface area contributed by atoms with E-state index < -0.39 is 0 Å². The molecule has 5 heteroatoms. The summed E-state index contributed by atoms with van der Waals surface area (Å²) in [5, 5.41) is 7.30. The molecule has 0 aliphatic rings. The minimum Gasteiger partial charge on any atom is -0.337 e. The van der Waals surface area contributed by atoms with Gasteiger partial charge in [0.1, 0.15) is 5.69 Å². The molecule has 2 aromatic heterocycles. The molecule has 4 aromatic rings. The predicted octanol–water partition coefficient (Wildman–Crippen LogP) is 6.07. The second-order valence-corrected chi connectivity index (χ2v) is 7.91. The molecule has 0 radical (unpaired) electrons. The highest BCUT2D eigenvalue weighted by atomic mass is 16.5. The zero-order chi connectivity index (χ0) is 22.0. The van der Waals surface area contributed by atoms with Crippen LogP contribution in [0.3, 0.4) is 0 Å². The molecule has 1 unspecified atom stereocenters. The molecule has 4 rings (SSSR count). The largest absolute Gasteiger partial charge is 0.337 e. The van der Waals surface area contributed by atoms with Crippen LogP contribution in [0.25, 0.3) is 22.4 Å². The van der Waals surface area contributed by atoms with E-state index in [-0.39, 0.29) is 11.8 Å². The summed E-state index contributed by atoms with van der Waals surface area (Å²) in [5.74, 6) is -0.144. The van der Waals surface area contributed by atoms with Crippen molar-refractivity contribution in [3.63, 3.8) is 0 Å². The van der Waals surface area contributed by atoms with Crippen LogP contribution in [0.1, 0.15) is 35.1 Å². The lowest BCUT2D eigenvalue weighted by Crippen LogP contribution is -2.19. The molecular formula is C26H25N3O2. The Kier molecular flexibility index (Phi) is 5.67. The van der Waals surface area contributed by atoms with Gasteiger partial charge in [0, 0.05) is 18.0 Å². The van der Waals surface area contributed by atoms with Crippen LogP contribution in [0, 0.1) is 20.8 Å². The van der Waals surface area contributed by atoms with E-state index >= 15 is 0 Å². The van der Waals surface area contributed by atoms with Crippen LogP contribution in [0.5, 0.6) is 0 Å². The normalized spacial score (nSPS) is 11.9. The molecule has 1 N–H and O–H groups in total. The SMILES string of the molecule is Cc1cccc(C(C)C(=O)Nc2onc(-c3ccc(C)cc3C)c2-c2ccncc2)c1. The topological polar surface area (TPSA) is 68.0 Å². The van der Waals surface area contributed by atoms with Crippen LogP contribution in [-0.2, 0) is 4.79 Å². The summed E-state index contributed by atoms with van der Waals surface area (Å²) >= 11 is 0. The van der Waals surface area contributed by atoms with Gasteiger partial charge in [-0.05, 0) is 56.5 Å². The van der Waals surface area contributed by atoms with E-state index in [0.717, 1.165) is 33.4 Å². The number of carbonyl (C=O) groups is 1. The van der Waals surface area contributed by atoms with Crippen LogP contribution < -0.4 is 5.32 Å². The summed E-state index contributed by atoms with van der Waals surface area (Å²) in [6.45, 7) is 8.01. The summed E-state index contributed by atoms with van der Waals surface area (Å²) in [5.41, 5.74) is 7.63. The summed E-state index contributed by atoms with van der Waals surface area (Å²) in [6, 6.07) is 17.9. The summed E-state index contributed by atoms with van der Waals surface area (Å²) < 4.78 is 5.67. The number of nitrogens with zero attached hydrogens (tertiary/aromatic N) is 2. The van der Waals surface area contributed by atoms with Gasteiger partial charge in [0.05, 0.1) is 11.5 Å². The smallest absolute Gasteiger partial charge is 0.239 e. The average Bonchev–Trinajstić information content (AvgIpc) is 3.17. The monoisotopic (exact) mass is 411 g/mol. The van der Waals surface area contributed by atoms with Crippen molar-refractivity contribution in [2.75, 3.05) is 5.32 Å². The van der Waals surface area contributed by atoms with Crippen molar-refractivity contribution in [1.29, 1.82) is 0 Å². The Morgan fingerprint density at radius 1 is 0.968 bits per heavy atom. The Morgan fingerprint density at radius 2 is 1.71 bits per heavy atom. The minimum absolute atomic E-state index is 0.149. The first-order chi connectivity index (χ1) is 14.9. The van der Waals surface area contributed by atoms with E-state index in [1.165, 1.54) is 5.56 Å². The number of aromatic nitrogens is 2. The number of amides is 1. The molecule has 0 saturated heterocycles. The van der Waals surface area contributed by atoms with E-state index in [1.54, 1.807) is 12.4 Å². The van der Waals surface area contributed by atoms with Crippen molar-refractivity contribution in [2.24, 2.45) is 0 Å². The number of nitrogens with one attached hydrogen (secondary N) is 1. The van der Waals surface area contributed by atoms with Crippen LogP contribution in [0.2, 0.25) is 0 Å². The lowest BCUT2D eigenvalue weighted by atomic mass is 9.96. The molecule has 0 bridgehead atoms. The number of hydrogen-bond donors (Lipinski definition) is 1. The van der Waals surface area contributed by atoms with Crippen molar-refractivity contribution >= 4 is 11.8 Å². The quantitative estimate of drug-likeness (QED) is 0.433. The highest BCUT2D eigenvalue weighted by Crippen LogP contribution is 2.39. The molecule has 156 valence electrons. The fraction of sp³-hybridized carbons (Fsp3) is 0.192. The molecule has 31 heavy (non-hydrogen) atoms. The number of pyridine rings is 1. The Morgan fingerprint density at radius 3 is 2.42 bits per heavy atom. The number of hydrogen-bond acceptors (Lipinski definition) is 4. The maximum atomic E-state index is 13.1. The van der Waals surface area contributed by atoms with Crippen molar-refractivity contribution in [2.45, 2.75) is 33.6 Å². The zero-order valence-corrected chi connectivity index (χ0v) is 18.1. The molecule has 0 spiro atoms. The van der Waals surface area contributed by atoms with Crippen molar-refractivity contribution in [3.8, 4) is 22.4 Å². The van der Waals surface area contributed by atoms with Gasteiger partial charge in [-0.2, -0.15) is 0 Å². The predicted molar refractivity (Wildman–Crippen MR) is 123 cm³/mol. The van der Waals surface area contributed by atoms with Crippen LogP contribution in [0.4, 0.5) is 5.88 Å². The Hall–Kier alpha value is -3.73. The van der Waals surface area contributed by atoms with Gasteiger partial charge in [0.15, 0.2) is 0 Å². The van der Waals surface area contributed by atoms with Crippen molar-refractivity contribution in [3.05, 3.63) is 89.2 Å². The Balaban J connectivity index is 1.74. The number of aryl methyl sites for hydroxylation is 3. The second-order valence-electron chi connectivity index (χ2n) is 7.91. The number of carbonyl (C=O) groups excluding carboxylic acids is 1. The van der Waals surface area contributed by atoms with Gasteiger partial charge in [-0.25, -0.2) is 0 Å². The van der Waals surface area contributed by atoms with E-state index in [1.807, 2.05) is 69.3 Å².